The first-order valence-electron chi connectivity index (χ1n) is 42.5. The highest BCUT2D eigenvalue weighted by atomic mass is 16.3. The lowest BCUT2D eigenvalue weighted by molar-refractivity contribution is 0.676. The molecule has 126 heavy (non-hydrogen) atoms. The number of benzene rings is 18. The van der Waals surface area contributed by atoms with Crippen LogP contribution in [0.1, 0.15) is 0 Å². The molecule has 0 aliphatic rings. The maximum absolute atomic E-state index is 7.41. The van der Waals surface area contributed by atoms with Gasteiger partial charge in [0.15, 0.2) is 34.9 Å². The van der Waals surface area contributed by atoms with Crippen LogP contribution in [0.4, 0.5) is 0 Å². The van der Waals surface area contributed by atoms with Crippen molar-refractivity contribution in [2.75, 3.05) is 0 Å². The zero-order valence-electron chi connectivity index (χ0n) is 67.5. The van der Waals surface area contributed by atoms with Crippen LogP contribution >= 0.6 is 0 Å². The van der Waals surface area contributed by atoms with Crippen molar-refractivity contribution in [1.82, 2.24) is 48.2 Å². The third-order valence-electron chi connectivity index (χ3n) is 25.3. The van der Waals surface area contributed by atoms with Gasteiger partial charge < -0.3 is 27.1 Å². The van der Waals surface area contributed by atoms with E-state index in [2.05, 4.69) is 352 Å². The van der Waals surface area contributed by atoms with Gasteiger partial charge in [0.05, 0.1) is 71.4 Å². The number of fused-ring (bicyclic) bond motifs is 22. The lowest BCUT2D eigenvalue weighted by Gasteiger charge is -2.17. The number of hydrogen-bond donors (Lipinski definition) is 0. The topological polar surface area (TPSA) is 123 Å². The first kappa shape index (κ1) is 70.6. The Labute approximate surface area is 720 Å². The Morgan fingerprint density at radius 1 is 0.159 bits per heavy atom. The summed E-state index contributed by atoms with van der Waals surface area (Å²) in [6.07, 6.45) is 0. The molecule has 8 aromatic heterocycles. The van der Waals surface area contributed by atoms with Crippen molar-refractivity contribution in [3.05, 3.63) is 413 Å². The SMILES string of the molecule is c1ccc(-c2nc(-c3ccccc3)nc(-c3cccc(-c4ccc(-n5c6ccccc6c6c7oc8c(ccc9c8c8ccccc8n9-c8ccc(-c9ccc(-c%10nc(-c%11ccccc%11)nc(-c%11ccccc%11-c%11ccccc%11-n%11c%12ccccc%12c%12c%13oc%14c(ccc%15c%14c%14ccccc%14n%15-c%14ccccc%14)c%13ccc%12%11)n%10)cc9)cc8)c7ccc65)cc4)c3)n2)cc1. The summed E-state index contributed by atoms with van der Waals surface area (Å²) in [7, 11) is 0. The fraction of sp³-hybridized carbons (Fsp3) is 0. The Morgan fingerprint density at radius 3 is 0.857 bits per heavy atom. The predicted molar refractivity (Wildman–Crippen MR) is 514 cm³/mol. The number of nitrogens with zero attached hydrogens (tertiary/aromatic N) is 10. The van der Waals surface area contributed by atoms with E-state index in [1.54, 1.807) is 0 Å². The zero-order chi connectivity index (χ0) is 82.6. The van der Waals surface area contributed by atoms with Gasteiger partial charge in [-0.3, -0.25) is 0 Å². The first-order chi connectivity index (χ1) is 62.5. The van der Waals surface area contributed by atoms with Crippen LogP contribution in [0.5, 0.6) is 0 Å². The van der Waals surface area contributed by atoms with Crippen molar-refractivity contribution in [3.8, 4) is 124 Å². The Balaban J connectivity index is 0.524. The van der Waals surface area contributed by atoms with Gasteiger partial charge in [0.2, 0.25) is 0 Å². The molecule has 8 heterocycles. The lowest BCUT2D eigenvalue weighted by Crippen LogP contribution is -2.02. The molecule has 26 aromatic rings. The molecule has 0 aliphatic carbocycles. The number of rotatable bonds is 13. The second-order valence-corrected chi connectivity index (χ2v) is 32.3. The summed E-state index contributed by atoms with van der Waals surface area (Å²) >= 11 is 0. The van der Waals surface area contributed by atoms with Crippen LogP contribution < -0.4 is 0 Å². The second-order valence-electron chi connectivity index (χ2n) is 32.3. The molecular weight excluding hydrogens is 1540 g/mol. The molecule has 0 unspecified atom stereocenters. The van der Waals surface area contributed by atoms with Gasteiger partial charge in [-0.25, -0.2) is 29.9 Å². The highest BCUT2D eigenvalue weighted by Gasteiger charge is 2.28. The third-order valence-corrected chi connectivity index (χ3v) is 25.3. The number of hydrogen-bond acceptors (Lipinski definition) is 8. The minimum absolute atomic E-state index is 0.566. The van der Waals surface area contributed by atoms with Gasteiger partial charge in [0.25, 0.3) is 0 Å². The Kier molecular flexibility index (Phi) is 15.8. The summed E-state index contributed by atoms with van der Waals surface area (Å²) in [6.45, 7) is 0. The molecule has 0 N–H and O–H groups in total. The molecule has 0 bridgehead atoms. The maximum atomic E-state index is 7.41. The minimum Gasteiger partial charge on any atom is -0.455 e. The van der Waals surface area contributed by atoms with Crippen molar-refractivity contribution < 1.29 is 8.83 Å². The highest BCUT2D eigenvalue weighted by Crippen LogP contribution is 2.50. The summed E-state index contributed by atoms with van der Waals surface area (Å²) in [5.41, 5.74) is 28.0. The van der Waals surface area contributed by atoms with Gasteiger partial charge in [-0.15, -0.1) is 0 Å². The van der Waals surface area contributed by atoms with E-state index in [0.717, 1.165) is 221 Å². The van der Waals surface area contributed by atoms with Crippen LogP contribution in [-0.2, 0) is 0 Å². The monoisotopic (exact) mass is 1610 g/mol. The molecule has 0 spiro atoms. The Morgan fingerprint density at radius 2 is 0.437 bits per heavy atom. The fourth-order valence-corrected chi connectivity index (χ4v) is 19.6. The summed E-state index contributed by atoms with van der Waals surface area (Å²) in [5.74, 6) is 3.59. The second kappa shape index (κ2) is 28.2. The van der Waals surface area contributed by atoms with E-state index in [1.807, 2.05) is 78.9 Å². The molecule has 18 aromatic carbocycles. The van der Waals surface area contributed by atoms with Gasteiger partial charge in [0.1, 0.15) is 22.3 Å². The highest BCUT2D eigenvalue weighted by molar-refractivity contribution is 6.31. The molecule has 0 saturated heterocycles. The van der Waals surface area contributed by atoms with E-state index in [9.17, 15) is 0 Å². The van der Waals surface area contributed by atoms with Gasteiger partial charge >= 0.3 is 0 Å². The Bertz CT molecular complexity index is 8880. The Hall–Kier alpha value is -17.2. The van der Waals surface area contributed by atoms with E-state index in [4.69, 9.17) is 38.7 Å². The normalized spacial score (nSPS) is 12.0. The molecule has 0 aliphatic heterocycles. The standard InChI is InChI=1S/C114H68N10O2/c1-5-26-72(27-6-1)109-115-110(73-28-7-2-8-29-73)118-113(117-109)77-33-25-32-76(68-77)71-54-58-80(59-55-71)123-95-46-23-18-41-90(95)103-99(123)66-62-84-83-61-65-98-102(106(83)125-107(84)103)89-40-17-22-45-94(89)122(98)79-56-52-70(53-57-79)69-48-50-75(51-49-69)112-116-111(74-30-9-3-10-31-74)119-114(120-112)87-38-14-13-36-81(87)82-37-15-20-43-92(82)124-96-47-24-19-42-91(96)104-100(124)67-63-86-85-60-64-97-101(105(85)126-108(86)104)88-39-16-21-44-93(88)121(97)78-34-11-4-12-35-78/h1-68H. The van der Waals surface area contributed by atoms with Crippen molar-refractivity contribution in [1.29, 1.82) is 0 Å². The number of aromatic nitrogens is 10. The molecule has 26 rings (SSSR count). The van der Waals surface area contributed by atoms with Crippen LogP contribution in [0.3, 0.4) is 0 Å². The largest absolute Gasteiger partial charge is 0.455 e. The average Bonchev–Trinajstić information content (AvgIpc) is 1.54. The molecule has 12 nitrogen and oxygen atoms in total. The molecule has 0 radical (unpaired) electrons. The maximum Gasteiger partial charge on any atom is 0.164 e. The third kappa shape index (κ3) is 11.1. The summed E-state index contributed by atoms with van der Waals surface area (Å²) in [5, 5.41) is 13.1. The molecule has 0 fully saturated rings. The quantitative estimate of drug-likeness (QED) is 0.112. The van der Waals surface area contributed by atoms with E-state index < -0.39 is 0 Å². The predicted octanol–water partition coefficient (Wildman–Crippen LogP) is 29.2. The van der Waals surface area contributed by atoms with Crippen LogP contribution in [-0.4, -0.2) is 48.2 Å². The molecule has 12 heteroatoms. The van der Waals surface area contributed by atoms with E-state index >= 15 is 0 Å². The van der Waals surface area contributed by atoms with Crippen LogP contribution in [0.2, 0.25) is 0 Å². The average molecular weight is 1610 g/mol. The first-order valence-corrected chi connectivity index (χ1v) is 42.5. The van der Waals surface area contributed by atoms with Crippen LogP contribution in [0, 0.1) is 0 Å². The zero-order valence-corrected chi connectivity index (χ0v) is 67.5. The van der Waals surface area contributed by atoms with E-state index in [0.29, 0.717) is 34.9 Å². The van der Waals surface area contributed by atoms with Crippen LogP contribution in [0.25, 0.3) is 256 Å². The van der Waals surface area contributed by atoms with Crippen LogP contribution in [0.15, 0.2) is 421 Å². The summed E-state index contributed by atoms with van der Waals surface area (Å²) in [6, 6.07) is 146. The van der Waals surface area contributed by atoms with Crippen molar-refractivity contribution in [3.63, 3.8) is 0 Å². The molecule has 0 amide bonds. The van der Waals surface area contributed by atoms with Crippen molar-refractivity contribution in [2.24, 2.45) is 0 Å². The van der Waals surface area contributed by atoms with Crippen molar-refractivity contribution in [2.45, 2.75) is 0 Å². The molecular formula is C114H68N10O2. The van der Waals surface area contributed by atoms with Gasteiger partial charge in [-0.05, 0) is 149 Å². The number of furan rings is 2. The number of para-hydroxylation sites is 6. The van der Waals surface area contributed by atoms with Gasteiger partial charge in [0, 0.05) is 99.1 Å². The lowest BCUT2D eigenvalue weighted by atomic mass is 9.97. The smallest absolute Gasteiger partial charge is 0.164 e. The minimum atomic E-state index is 0.566. The van der Waals surface area contributed by atoms with Gasteiger partial charge in [-0.1, -0.05) is 291 Å². The van der Waals surface area contributed by atoms with Crippen molar-refractivity contribution >= 4 is 131 Å². The molecule has 586 valence electrons. The van der Waals surface area contributed by atoms with E-state index in [1.165, 1.54) is 0 Å². The van der Waals surface area contributed by atoms with E-state index in [-0.39, 0.29) is 0 Å². The van der Waals surface area contributed by atoms with Gasteiger partial charge in [-0.2, -0.15) is 0 Å². The summed E-state index contributed by atoms with van der Waals surface area (Å²) in [4.78, 5) is 31.1. The molecule has 0 saturated carbocycles. The summed E-state index contributed by atoms with van der Waals surface area (Å²) < 4.78 is 24.2. The molecule has 0 atom stereocenters. The fourth-order valence-electron chi connectivity index (χ4n) is 19.6.